The van der Waals surface area contributed by atoms with Gasteiger partial charge in [-0.3, -0.25) is 19.3 Å². The second-order valence-electron chi connectivity index (χ2n) is 3.97. The topological polar surface area (TPSA) is 66.5 Å². The van der Waals surface area contributed by atoms with Gasteiger partial charge in [-0.25, -0.2) is 4.39 Å². The quantitative estimate of drug-likeness (QED) is 0.640. The summed E-state index contributed by atoms with van der Waals surface area (Å²) >= 11 is 0. The lowest BCUT2D eigenvalue weighted by atomic mass is 10.1. The summed E-state index contributed by atoms with van der Waals surface area (Å²) in [6, 6.07) is 3.41. The molecule has 1 aliphatic heterocycles. The number of anilines is 1. The van der Waals surface area contributed by atoms with E-state index in [-0.39, 0.29) is 24.3 Å². The predicted molar refractivity (Wildman–Crippen MR) is 66.3 cm³/mol. The summed E-state index contributed by atoms with van der Waals surface area (Å²) in [5.41, 5.74) is 0.242. The van der Waals surface area contributed by atoms with Crippen molar-refractivity contribution in [3.8, 4) is 0 Å². The number of rotatable bonds is 4. The molecule has 98 valence electrons. The van der Waals surface area contributed by atoms with Crippen LogP contribution in [0.1, 0.15) is 10.4 Å². The Morgan fingerprint density at radius 1 is 1.42 bits per heavy atom. The highest BCUT2D eigenvalue weighted by atomic mass is 19.1. The van der Waals surface area contributed by atoms with Gasteiger partial charge < -0.3 is 5.32 Å². The molecule has 2 rings (SSSR count). The summed E-state index contributed by atoms with van der Waals surface area (Å²) in [7, 11) is 0. The maximum absolute atomic E-state index is 13.2. The molecule has 0 bridgehead atoms. The Morgan fingerprint density at radius 2 is 2.16 bits per heavy atom. The van der Waals surface area contributed by atoms with E-state index in [2.05, 4.69) is 11.9 Å². The minimum atomic E-state index is -0.825. The molecule has 5 nitrogen and oxygen atoms in total. The molecule has 0 saturated heterocycles. The van der Waals surface area contributed by atoms with E-state index >= 15 is 0 Å². The van der Waals surface area contributed by atoms with Crippen LogP contribution < -0.4 is 10.2 Å². The highest BCUT2D eigenvalue weighted by Gasteiger charge is 2.36. The largest absolute Gasteiger partial charge is 0.351 e. The van der Waals surface area contributed by atoms with Crippen LogP contribution in [-0.4, -0.2) is 30.7 Å². The third-order valence-corrected chi connectivity index (χ3v) is 2.68. The Kier molecular flexibility index (Phi) is 3.41. The predicted octanol–water partition coefficient (Wildman–Crippen LogP) is 0.657. The van der Waals surface area contributed by atoms with Crippen molar-refractivity contribution in [2.24, 2.45) is 0 Å². The maximum Gasteiger partial charge on any atom is 0.299 e. The van der Waals surface area contributed by atoms with E-state index in [1.807, 2.05) is 0 Å². The molecule has 0 spiro atoms. The molecule has 0 atom stereocenters. The summed E-state index contributed by atoms with van der Waals surface area (Å²) in [6.07, 6.45) is 1.49. The number of Topliss-reactive ketones (excluding diaryl/α,β-unsaturated/α-hetero) is 1. The Bertz CT molecular complexity index is 583. The molecule has 0 aromatic heterocycles. The van der Waals surface area contributed by atoms with Gasteiger partial charge in [-0.1, -0.05) is 6.08 Å². The van der Waals surface area contributed by atoms with Gasteiger partial charge in [0.25, 0.3) is 11.7 Å². The second kappa shape index (κ2) is 5.01. The Balaban J connectivity index is 2.25. The fourth-order valence-electron chi connectivity index (χ4n) is 1.81. The van der Waals surface area contributed by atoms with Gasteiger partial charge >= 0.3 is 0 Å². The van der Waals surface area contributed by atoms with Crippen LogP contribution in [0.5, 0.6) is 0 Å². The molecule has 0 saturated carbocycles. The van der Waals surface area contributed by atoms with Crippen LogP contribution in [0.4, 0.5) is 10.1 Å². The lowest BCUT2D eigenvalue weighted by Gasteiger charge is -2.15. The Hall–Kier alpha value is -2.50. The third kappa shape index (κ3) is 2.37. The van der Waals surface area contributed by atoms with Crippen LogP contribution in [0.2, 0.25) is 0 Å². The van der Waals surface area contributed by atoms with Crippen LogP contribution in [-0.2, 0) is 9.59 Å². The molecule has 1 aromatic rings. The second-order valence-corrected chi connectivity index (χ2v) is 3.97. The zero-order valence-corrected chi connectivity index (χ0v) is 9.98. The monoisotopic (exact) mass is 262 g/mol. The third-order valence-electron chi connectivity index (χ3n) is 2.68. The van der Waals surface area contributed by atoms with Crippen molar-refractivity contribution in [1.29, 1.82) is 0 Å². The molecule has 1 N–H and O–H groups in total. The fraction of sp³-hybridized carbons (Fsp3) is 0.154. The number of carbonyl (C=O) groups is 3. The molecule has 0 aliphatic carbocycles. The van der Waals surface area contributed by atoms with Crippen LogP contribution in [0.15, 0.2) is 30.9 Å². The smallest absolute Gasteiger partial charge is 0.299 e. The van der Waals surface area contributed by atoms with Gasteiger partial charge in [0.05, 0.1) is 11.3 Å². The number of amides is 2. The number of carbonyl (C=O) groups excluding carboxylic acids is 3. The van der Waals surface area contributed by atoms with Crippen molar-refractivity contribution < 1.29 is 18.8 Å². The average molecular weight is 262 g/mol. The fourth-order valence-corrected chi connectivity index (χ4v) is 1.81. The molecule has 0 radical (unpaired) electrons. The summed E-state index contributed by atoms with van der Waals surface area (Å²) in [5, 5.41) is 2.48. The van der Waals surface area contributed by atoms with Crippen molar-refractivity contribution in [1.82, 2.24) is 5.32 Å². The Morgan fingerprint density at radius 3 is 2.84 bits per heavy atom. The van der Waals surface area contributed by atoms with Crippen LogP contribution >= 0.6 is 0 Å². The molecule has 2 amide bonds. The highest BCUT2D eigenvalue weighted by molar-refractivity contribution is 6.52. The van der Waals surface area contributed by atoms with Crippen molar-refractivity contribution in [3.05, 3.63) is 42.2 Å². The summed E-state index contributed by atoms with van der Waals surface area (Å²) < 4.78 is 13.2. The van der Waals surface area contributed by atoms with Gasteiger partial charge in [0, 0.05) is 6.54 Å². The average Bonchev–Trinajstić information content (AvgIpc) is 2.61. The molecule has 0 fully saturated rings. The normalized spacial score (nSPS) is 13.4. The van der Waals surface area contributed by atoms with Crippen molar-refractivity contribution >= 4 is 23.3 Å². The summed E-state index contributed by atoms with van der Waals surface area (Å²) in [5.74, 6) is -2.57. The molecule has 6 heteroatoms. The van der Waals surface area contributed by atoms with E-state index in [1.54, 1.807) is 0 Å². The minimum Gasteiger partial charge on any atom is -0.351 e. The number of ketones is 1. The number of halogens is 1. The molecular weight excluding hydrogens is 251 g/mol. The van der Waals surface area contributed by atoms with Crippen LogP contribution in [0.3, 0.4) is 0 Å². The van der Waals surface area contributed by atoms with Gasteiger partial charge in [0.1, 0.15) is 12.4 Å². The minimum absolute atomic E-state index is 0.114. The van der Waals surface area contributed by atoms with Gasteiger partial charge in [0.2, 0.25) is 5.91 Å². The summed E-state index contributed by atoms with van der Waals surface area (Å²) in [4.78, 5) is 35.9. The molecule has 1 aliphatic rings. The van der Waals surface area contributed by atoms with Gasteiger partial charge in [0.15, 0.2) is 0 Å². The standard InChI is InChI=1S/C13H11FN2O3/c1-2-5-15-11(17)7-16-10-6-8(14)3-4-9(10)12(18)13(16)19/h2-4,6H,1,5,7H2,(H,15,17). The number of hydrogen-bond donors (Lipinski definition) is 1. The SMILES string of the molecule is C=CCNC(=O)CN1C(=O)C(=O)c2ccc(F)cc21. The van der Waals surface area contributed by atoms with Crippen LogP contribution in [0, 0.1) is 5.82 Å². The van der Waals surface area contributed by atoms with Gasteiger partial charge in [-0.2, -0.15) is 0 Å². The van der Waals surface area contributed by atoms with Gasteiger partial charge in [-0.15, -0.1) is 6.58 Å². The van der Waals surface area contributed by atoms with Crippen molar-refractivity contribution in [3.63, 3.8) is 0 Å². The number of nitrogens with zero attached hydrogens (tertiary/aromatic N) is 1. The van der Waals surface area contributed by atoms with Crippen LogP contribution in [0.25, 0.3) is 0 Å². The Labute approximate surface area is 108 Å². The van der Waals surface area contributed by atoms with E-state index in [9.17, 15) is 18.8 Å². The van der Waals surface area contributed by atoms with E-state index in [1.165, 1.54) is 12.1 Å². The van der Waals surface area contributed by atoms with Crippen molar-refractivity contribution in [2.45, 2.75) is 0 Å². The number of benzene rings is 1. The first-order valence-corrected chi connectivity index (χ1v) is 5.58. The highest BCUT2D eigenvalue weighted by Crippen LogP contribution is 2.29. The molecule has 19 heavy (non-hydrogen) atoms. The van der Waals surface area contributed by atoms with Gasteiger partial charge in [-0.05, 0) is 18.2 Å². The van der Waals surface area contributed by atoms with Crippen molar-refractivity contribution in [2.75, 3.05) is 18.0 Å². The zero-order chi connectivity index (χ0) is 14.0. The van der Waals surface area contributed by atoms with E-state index < -0.39 is 23.4 Å². The first kappa shape index (κ1) is 12.9. The lowest BCUT2D eigenvalue weighted by molar-refractivity contribution is -0.122. The number of fused-ring (bicyclic) bond motifs is 1. The van der Waals surface area contributed by atoms with E-state index in [0.29, 0.717) is 0 Å². The molecular formula is C13H11FN2O3. The lowest BCUT2D eigenvalue weighted by Crippen LogP contribution is -2.40. The number of nitrogens with one attached hydrogen (secondary N) is 1. The first-order chi connectivity index (χ1) is 9.04. The maximum atomic E-state index is 13.2. The zero-order valence-electron chi connectivity index (χ0n) is 9.98. The first-order valence-electron chi connectivity index (χ1n) is 5.58. The molecule has 1 aromatic carbocycles. The van der Waals surface area contributed by atoms with E-state index in [0.717, 1.165) is 17.0 Å². The molecule has 1 heterocycles. The van der Waals surface area contributed by atoms with E-state index in [4.69, 9.17) is 0 Å². The number of hydrogen-bond acceptors (Lipinski definition) is 3. The molecule has 0 unspecified atom stereocenters. The summed E-state index contributed by atoms with van der Waals surface area (Å²) in [6.45, 7) is 3.37.